The van der Waals surface area contributed by atoms with E-state index >= 15 is 0 Å². The van der Waals surface area contributed by atoms with Gasteiger partial charge in [-0.3, -0.25) is 19.3 Å². The lowest BCUT2D eigenvalue weighted by molar-refractivity contribution is -0.143. The minimum atomic E-state index is -1.82. The molecule has 0 aliphatic carbocycles. The first kappa shape index (κ1) is 26.1. The quantitative estimate of drug-likeness (QED) is 0.342. The number of hydrogen-bond donors (Lipinski definition) is 1. The molecule has 200 valence electrons. The number of nitrogens with zero attached hydrogens (tertiary/aromatic N) is 3. The number of amides is 2. The molecule has 5 rings (SSSR count). The number of anilines is 1. The number of carbonyl (C=O) groups excluding carboxylic acids is 3. The van der Waals surface area contributed by atoms with Gasteiger partial charge in [0.25, 0.3) is 17.6 Å². The molecule has 1 spiro atoms. The molecule has 0 radical (unpaired) electrons. The smallest absolute Gasteiger partial charge is 0.296 e. The van der Waals surface area contributed by atoms with Crippen LogP contribution in [0, 0.1) is 12.7 Å². The van der Waals surface area contributed by atoms with E-state index in [0.717, 1.165) is 19.2 Å². The molecular weight excluding hydrogens is 489 g/mol. The number of ketones is 1. The predicted octanol–water partition coefficient (Wildman–Crippen LogP) is 3.19. The number of aliphatic hydroxyl groups is 1. The van der Waals surface area contributed by atoms with Gasteiger partial charge < -0.3 is 19.6 Å². The zero-order valence-electron chi connectivity index (χ0n) is 21.7. The summed E-state index contributed by atoms with van der Waals surface area (Å²) in [5.74, 6) is -3.37. The summed E-state index contributed by atoms with van der Waals surface area (Å²) < 4.78 is 19.9. The van der Waals surface area contributed by atoms with Crippen LogP contribution in [0.5, 0.6) is 0 Å². The van der Waals surface area contributed by atoms with Crippen molar-refractivity contribution in [2.75, 3.05) is 50.8 Å². The molecular formula is C29H32FN3O5. The second kappa shape index (κ2) is 10.3. The lowest BCUT2D eigenvalue weighted by Crippen LogP contribution is -2.52. The van der Waals surface area contributed by atoms with Gasteiger partial charge in [-0.05, 0) is 37.5 Å². The first-order valence-electron chi connectivity index (χ1n) is 13.1. The molecule has 1 unspecified atom stereocenters. The third kappa shape index (κ3) is 4.01. The fourth-order valence-corrected chi connectivity index (χ4v) is 5.77. The third-order valence-electron chi connectivity index (χ3n) is 7.66. The zero-order valence-corrected chi connectivity index (χ0v) is 21.7. The van der Waals surface area contributed by atoms with Gasteiger partial charge in [0, 0.05) is 43.9 Å². The van der Waals surface area contributed by atoms with E-state index in [2.05, 4.69) is 4.90 Å². The molecule has 2 aromatic rings. The highest BCUT2D eigenvalue weighted by Crippen LogP contribution is 2.53. The molecule has 2 aromatic carbocycles. The molecule has 9 heteroatoms. The maximum atomic E-state index is 14.5. The van der Waals surface area contributed by atoms with Crippen molar-refractivity contribution >= 4 is 29.0 Å². The molecule has 2 amide bonds. The van der Waals surface area contributed by atoms with Gasteiger partial charge in [-0.15, -0.1) is 0 Å². The summed E-state index contributed by atoms with van der Waals surface area (Å²) >= 11 is 0. The molecule has 3 heterocycles. The average molecular weight is 522 g/mol. The highest BCUT2D eigenvalue weighted by molar-refractivity contribution is 6.50. The van der Waals surface area contributed by atoms with E-state index in [1.165, 1.54) is 17.0 Å². The van der Waals surface area contributed by atoms with Crippen molar-refractivity contribution < 1.29 is 28.6 Å². The third-order valence-corrected chi connectivity index (χ3v) is 7.66. The Morgan fingerprint density at radius 1 is 1.05 bits per heavy atom. The lowest BCUT2D eigenvalue weighted by atomic mass is 9.81. The number of morpholine rings is 1. The van der Waals surface area contributed by atoms with E-state index in [4.69, 9.17) is 4.74 Å². The molecule has 3 aliphatic rings. The summed E-state index contributed by atoms with van der Waals surface area (Å²) in [5, 5.41) is 11.5. The number of Topliss-reactive ketones (excluding diaryl/α,β-unsaturated/α-hetero) is 1. The minimum absolute atomic E-state index is 0.0398. The predicted molar refractivity (Wildman–Crippen MR) is 140 cm³/mol. The summed E-state index contributed by atoms with van der Waals surface area (Å²) in [6.45, 7) is 7.54. The van der Waals surface area contributed by atoms with E-state index in [1.807, 2.05) is 6.92 Å². The van der Waals surface area contributed by atoms with Crippen molar-refractivity contribution in [3.8, 4) is 0 Å². The van der Waals surface area contributed by atoms with Crippen molar-refractivity contribution in [3.63, 3.8) is 0 Å². The van der Waals surface area contributed by atoms with Gasteiger partial charge in [-0.25, -0.2) is 4.39 Å². The number of fused-ring (bicyclic) bond motifs is 2. The second-order valence-electron chi connectivity index (χ2n) is 9.97. The zero-order chi connectivity index (χ0) is 27.0. The molecule has 1 N–H and O–H groups in total. The van der Waals surface area contributed by atoms with Crippen LogP contribution in [0.2, 0.25) is 0 Å². The topological polar surface area (TPSA) is 90.4 Å². The molecule has 8 nitrogen and oxygen atoms in total. The van der Waals surface area contributed by atoms with E-state index in [-0.39, 0.29) is 17.7 Å². The highest BCUT2D eigenvalue weighted by Gasteiger charge is 2.66. The van der Waals surface area contributed by atoms with Crippen LogP contribution >= 0.6 is 0 Å². The SMILES string of the molecule is CCCN1C(=O)C2(/C(=C(\O)c3ccc(C)c(F)c3)C(=O)C(=O)N2CCCN2CCOCC2)c2ccccc21. The molecule has 2 saturated heterocycles. The first-order valence-corrected chi connectivity index (χ1v) is 13.1. The van der Waals surface area contributed by atoms with Gasteiger partial charge >= 0.3 is 0 Å². The maximum Gasteiger partial charge on any atom is 0.296 e. The summed E-state index contributed by atoms with van der Waals surface area (Å²) in [6, 6.07) is 11.2. The van der Waals surface area contributed by atoms with Crippen LogP contribution in [0.4, 0.5) is 10.1 Å². The van der Waals surface area contributed by atoms with E-state index in [1.54, 1.807) is 36.1 Å². The van der Waals surface area contributed by atoms with Crippen LogP contribution in [0.15, 0.2) is 48.0 Å². The number of carbonyl (C=O) groups is 3. The number of rotatable bonds is 7. The number of ether oxygens (including phenoxy) is 1. The maximum absolute atomic E-state index is 14.5. The van der Waals surface area contributed by atoms with Crippen LogP contribution in [-0.4, -0.2) is 78.4 Å². The first-order chi connectivity index (χ1) is 18.3. The van der Waals surface area contributed by atoms with Gasteiger partial charge in [0.1, 0.15) is 11.6 Å². The number of aryl methyl sites for hydroxylation is 1. The van der Waals surface area contributed by atoms with Crippen molar-refractivity contribution in [2.24, 2.45) is 0 Å². The van der Waals surface area contributed by atoms with E-state index in [9.17, 15) is 23.9 Å². The summed E-state index contributed by atoms with van der Waals surface area (Å²) in [4.78, 5) is 46.7. The van der Waals surface area contributed by atoms with Crippen molar-refractivity contribution in [3.05, 3.63) is 70.5 Å². The molecule has 0 aromatic heterocycles. The standard InChI is InChI=1S/C29H32FN3O5/c1-3-11-32-23-8-5-4-7-21(23)29(28(32)37)24(25(34)20-10-9-19(2)22(30)18-20)26(35)27(36)33(29)13-6-12-31-14-16-38-17-15-31/h4-5,7-10,18,34H,3,6,11-17H2,1-2H3/b25-24-. The van der Waals surface area contributed by atoms with Gasteiger partial charge in [-0.1, -0.05) is 37.3 Å². The summed E-state index contributed by atoms with van der Waals surface area (Å²) in [5.41, 5.74) is -0.655. The molecule has 1 atom stereocenters. The van der Waals surface area contributed by atoms with E-state index in [0.29, 0.717) is 56.0 Å². The largest absolute Gasteiger partial charge is 0.507 e. The minimum Gasteiger partial charge on any atom is -0.507 e. The average Bonchev–Trinajstić information content (AvgIpc) is 3.30. The highest BCUT2D eigenvalue weighted by atomic mass is 19.1. The number of aliphatic hydroxyl groups excluding tert-OH is 1. The van der Waals surface area contributed by atoms with Crippen molar-refractivity contribution in [2.45, 2.75) is 32.2 Å². The van der Waals surface area contributed by atoms with Crippen LogP contribution in [0.25, 0.3) is 5.76 Å². The summed E-state index contributed by atoms with van der Waals surface area (Å²) in [7, 11) is 0. The Hall–Kier alpha value is -3.56. The van der Waals surface area contributed by atoms with Crippen molar-refractivity contribution in [1.29, 1.82) is 0 Å². The molecule has 3 aliphatic heterocycles. The van der Waals surface area contributed by atoms with Crippen LogP contribution in [-0.2, 0) is 24.7 Å². The Morgan fingerprint density at radius 3 is 2.50 bits per heavy atom. The fraction of sp³-hybridized carbons (Fsp3) is 0.414. The lowest BCUT2D eigenvalue weighted by Gasteiger charge is -2.35. The molecule has 38 heavy (non-hydrogen) atoms. The Bertz CT molecular complexity index is 1320. The Kier molecular flexibility index (Phi) is 7.07. The number of halogens is 1. The Morgan fingerprint density at radius 2 is 1.79 bits per heavy atom. The van der Waals surface area contributed by atoms with Gasteiger partial charge in [-0.2, -0.15) is 0 Å². The molecule has 0 bridgehead atoms. The van der Waals surface area contributed by atoms with Crippen LogP contribution in [0.3, 0.4) is 0 Å². The number of benzene rings is 2. The normalized spacial score (nSPS) is 23.1. The van der Waals surface area contributed by atoms with Gasteiger partial charge in [0.2, 0.25) is 0 Å². The molecule has 0 saturated carbocycles. The Balaban J connectivity index is 1.66. The van der Waals surface area contributed by atoms with Gasteiger partial charge in [0.15, 0.2) is 5.54 Å². The number of hydrogen-bond acceptors (Lipinski definition) is 6. The number of para-hydroxylation sites is 1. The van der Waals surface area contributed by atoms with Gasteiger partial charge in [0.05, 0.1) is 24.5 Å². The summed E-state index contributed by atoms with van der Waals surface area (Å²) in [6.07, 6.45) is 1.18. The van der Waals surface area contributed by atoms with Crippen molar-refractivity contribution in [1.82, 2.24) is 9.80 Å². The molecule has 2 fully saturated rings. The number of likely N-dealkylation sites (tertiary alicyclic amines) is 1. The fourth-order valence-electron chi connectivity index (χ4n) is 5.77. The Labute approximate surface area is 221 Å². The second-order valence-corrected chi connectivity index (χ2v) is 9.97. The van der Waals surface area contributed by atoms with Crippen LogP contribution in [0.1, 0.15) is 36.5 Å². The van der Waals surface area contributed by atoms with E-state index < -0.39 is 34.7 Å². The monoisotopic (exact) mass is 521 g/mol. The van der Waals surface area contributed by atoms with Crippen LogP contribution < -0.4 is 4.90 Å².